The van der Waals surface area contributed by atoms with Gasteiger partial charge in [-0.1, -0.05) is 15.9 Å². The Balaban J connectivity index is 1.62. The molecular formula is C26H30BrF2N3O5. The van der Waals surface area contributed by atoms with Gasteiger partial charge in [0.05, 0.1) is 11.3 Å². The first-order chi connectivity index (χ1) is 17.4. The molecule has 1 atom stereocenters. The number of hydrogen-bond acceptors (Lipinski definition) is 5. The van der Waals surface area contributed by atoms with Gasteiger partial charge in [-0.05, 0) is 82.0 Å². The largest absolute Gasteiger partial charge is 0.444 e. The molecule has 0 radical (unpaired) electrons. The molecule has 2 N–H and O–H groups in total. The first kappa shape index (κ1) is 28.4. The lowest BCUT2D eigenvalue weighted by atomic mass is 9.98. The second kappa shape index (κ2) is 12.4. The average molecular weight is 582 g/mol. The summed E-state index contributed by atoms with van der Waals surface area (Å²) < 4.78 is 35.1. The van der Waals surface area contributed by atoms with Crippen LogP contribution in [0.2, 0.25) is 0 Å². The Bertz CT molecular complexity index is 1120. The van der Waals surface area contributed by atoms with E-state index in [-0.39, 0.29) is 40.5 Å². The van der Waals surface area contributed by atoms with Gasteiger partial charge in [-0.3, -0.25) is 9.59 Å². The zero-order valence-corrected chi connectivity index (χ0v) is 22.4. The Morgan fingerprint density at radius 1 is 1.11 bits per heavy atom. The second-order valence-corrected chi connectivity index (χ2v) is 10.6. The Morgan fingerprint density at radius 3 is 2.46 bits per heavy atom. The van der Waals surface area contributed by atoms with Crippen molar-refractivity contribution >= 4 is 39.5 Å². The summed E-state index contributed by atoms with van der Waals surface area (Å²) in [4.78, 5) is 39.8. The van der Waals surface area contributed by atoms with E-state index in [4.69, 9.17) is 4.74 Å². The maximum atomic E-state index is 13.1. The van der Waals surface area contributed by atoms with E-state index >= 15 is 0 Å². The van der Waals surface area contributed by atoms with Gasteiger partial charge in [0.1, 0.15) is 11.4 Å². The number of alkyl halides is 2. The van der Waals surface area contributed by atoms with Gasteiger partial charge in [-0.2, -0.15) is 8.78 Å². The monoisotopic (exact) mass is 581 g/mol. The van der Waals surface area contributed by atoms with E-state index in [0.29, 0.717) is 24.1 Å². The molecule has 1 heterocycles. The van der Waals surface area contributed by atoms with Gasteiger partial charge in [0, 0.05) is 29.7 Å². The lowest BCUT2D eigenvalue weighted by molar-refractivity contribution is -0.0498. The van der Waals surface area contributed by atoms with Crippen molar-refractivity contribution in [1.82, 2.24) is 10.2 Å². The molecule has 0 saturated carbocycles. The Kier molecular flexibility index (Phi) is 9.47. The van der Waals surface area contributed by atoms with Crippen LogP contribution in [-0.4, -0.2) is 54.7 Å². The van der Waals surface area contributed by atoms with Crippen molar-refractivity contribution in [3.05, 3.63) is 58.1 Å². The Labute approximate surface area is 222 Å². The molecule has 3 rings (SSSR count). The van der Waals surface area contributed by atoms with Crippen molar-refractivity contribution in [1.29, 1.82) is 0 Å². The molecule has 37 heavy (non-hydrogen) atoms. The van der Waals surface area contributed by atoms with Crippen LogP contribution >= 0.6 is 15.9 Å². The lowest BCUT2D eigenvalue weighted by Gasteiger charge is -2.34. The Hall–Kier alpha value is -3.21. The highest BCUT2D eigenvalue weighted by atomic mass is 79.9. The van der Waals surface area contributed by atoms with Crippen molar-refractivity contribution in [3.8, 4) is 5.75 Å². The fraction of sp³-hybridized carbons (Fsp3) is 0.423. The van der Waals surface area contributed by atoms with E-state index in [1.807, 2.05) is 20.8 Å². The van der Waals surface area contributed by atoms with E-state index < -0.39 is 18.1 Å². The molecule has 200 valence electrons. The minimum Gasteiger partial charge on any atom is -0.444 e. The number of anilines is 1. The molecule has 1 aliphatic rings. The summed E-state index contributed by atoms with van der Waals surface area (Å²) in [6, 6.07) is 10.1. The van der Waals surface area contributed by atoms with Crippen molar-refractivity contribution in [2.24, 2.45) is 5.92 Å². The fourth-order valence-corrected chi connectivity index (χ4v) is 4.21. The number of nitrogens with zero attached hydrogens (tertiary/aromatic N) is 1. The maximum Gasteiger partial charge on any atom is 0.410 e. The van der Waals surface area contributed by atoms with Crippen molar-refractivity contribution < 1.29 is 32.6 Å². The van der Waals surface area contributed by atoms with Crippen LogP contribution in [0.4, 0.5) is 19.3 Å². The molecule has 0 spiro atoms. The molecule has 1 unspecified atom stereocenters. The summed E-state index contributed by atoms with van der Waals surface area (Å²) >= 11 is 3.35. The predicted octanol–water partition coefficient (Wildman–Crippen LogP) is 5.68. The number of piperidine rings is 1. The number of carbonyl (C=O) groups is 3. The van der Waals surface area contributed by atoms with Crippen LogP contribution < -0.4 is 15.4 Å². The van der Waals surface area contributed by atoms with Crippen molar-refractivity contribution in [2.75, 3.05) is 25.0 Å². The van der Waals surface area contributed by atoms with Crippen molar-refractivity contribution in [2.45, 2.75) is 45.8 Å². The van der Waals surface area contributed by atoms with E-state index in [1.54, 1.807) is 23.1 Å². The number of ether oxygens (including phenoxy) is 2. The van der Waals surface area contributed by atoms with Crippen molar-refractivity contribution in [3.63, 3.8) is 0 Å². The SMILES string of the molecule is CC(C)(C)OC(=O)N1CCCC(CNC(=O)c2cc(Br)ccc2NC(=O)c2ccc(OC(F)F)cc2)C1. The normalized spacial score (nSPS) is 15.8. The molecular weight excluding hydrogens is 552 g/mol. The third-order valence-electron chi connectivity index (χ3n) is 5.54. The van der Waals surface area contributed by atoms with E-state index in [0.717, 1.165) is 12.8 Å². The highest BCUT2D eigenvalue weighted by Crippen LogP contribution is 2.24. The highest BCUT2D eigenvalue weighted by Gasteiger charge is 2.28. The van der Waals surface area contributed by atoms with Gasteiger partial charge in [0.2, 0.25) is 0 Å². The van der Waals surface area contributed by atoms with E-state index in [1.165, 1.54) is 24.3 Å². The molecule has 2 aromatic rings. The second-order valence-electron chi connectivity index (χ2n) is 9.69. The number of rotatable bonds is 7. The number of amides is 3. The number of carbonyl (C=O) groups excluding carboxylic acids is 3. The lowest BCUT2D eigenvalue weighted by Crippen LogP contribution is -2.45. The molecule has 0 bridgehead atoms. The van der Waals surface area contributed by atoms with E-state index in [9.17, 15) is 23.2 Å². The summed E-state index contributed by atoms with van der Waals surface area (Å²) in [5, 5.41) is 5.60. The van der Waals surface area contributed by atoms with Crippen LogP contribution in [0.15, 0.2) is 46.9 Å². The van der Waals surface area contributed by atoms with Gasteiger partial charge in [-0.25, -0.2) is 4.79 Å². The summed E-state index contributed by atoms with van der Waals surface area (Å²) in [7, 11) is 0. The van der Waals surface area contributed by atoms with Crippen LogP contribution in [0.25, 0.3) is 0 Å². The molecule has 3 amide bonds. The van der Waals surface area contributed by atoms with Crippen LogP contribution in [-0.2, 0) is 4.74 Å². The number of nitrogens with one attached hydrogen (secondary N) is 2. The quantitative estimate of drug-likeness (QED) is 0.438. The standard InChI is InChI=1S/C26H30BrF2N3O5/c1-26(2,3)37-25(35)32-12-4-5-16(15-32)14-30-23(34)20-13-18(27)8-11-21(20)31-22(33)17-6-9-19(10-7-17)36-24(28)29/h6-11,13,16,24H,4-5,12,14-15H2,1-3H3,(H,30,34)(H,31,33). The predicted molar refractivity (Wildman–Crippen MR) is 138 cm³/mol. The zero-order chi connectivity index (χ0) is 27.2. The van der Waals surface area contributed by atoms with Gasteiger partial charge in [-0.15, -0.1) is 0 Å². The van der Waals surface area contributed by atoms with E-state index in [2.05, 4.69) is 31.3 Å². The Morgan fingerprint density at radius 2 is 1.81 bits per heavy atom. The number of halogens is 3. The van der Waals surface area contributed by atoms with Gasteiger partial charge < -0.3 is 25.0 Å². The van der Waals surface area contributed by atoms with Gasteiger partial charge in [0.15, 0.2) is 0 Å². The van der Waals surface area contributed by atoms with Crippen LogP contribution in [0.1, 0.15) is 54.3 Å². The molecule has 8 nitrogen and oxygen atoms in total. The fourth-order valence-electron chi connectivity index (χ4n) is 3.85. The topological polar surface area (TPSA) is 97.0 Å². The third kappa shape index (κ3) is 8.70. The highest BCUT2D eigenvalue weighted by molar-refractivity contribution is 9.10. The van der Waals surface area contributed by atoms with Crippen LogP contribution in [0.5, 0.6) is 5.75 Å². The van der Waals surface area contributed by atoms with Crippen LogP contribution in [0, 0.1) is 5.92 Å². The van der Waals surface area contributed by atoms with Gasteiger partial charge >= 0.3 is 12.7 Å². The summed E-state index contributed by atoms with van der Waals surface area (Å²) in [6.45, 7) is 3.92. The van der Waals surface area contributed by atoms with Crippen LogP contribution in [0.3, 0.4) is 0 Å². The summed E-state index contributed by atoms with van der Waals surface area (Å²) in [5.74, 6) is -0.903. The third-order valence-corrected chi connectivity index (χ3v) is 6.03. The van der Waals surface area contributed by atoms with Gasteiger partial charge in [0.25, 0.3) is 11.8 Å². The minimum absolute atomic E-state index is 0.0596. The minimum atomic E-state index is -2.96. The molecule has 1 fully saturated rings. The molecule has 2 aromatic carbocycles. The smallest absolute Gasteiger partial charge is 0.410 e. The first-order valence-corrected chi connectivity index (χ1v) is 12.6. The summed E-state index contributed by atoms with van der Waals surface area (Å²) in [5.41, 5.74) is 0.166. The maximum absolute atomic E-state index is 13.1. The molecule has 0 aromatic heterocycles. The zero-order valence-electron chi connectivity index (χ0n) is 20.9. The summed E-state index contributed by atoms with van der Waals surface area (Å²) in [6.07, 6.45) is 1.29. The first-order valence-electron chi connectivity index (χ1n) is 11.8. The average Bonchev–Trinajstić information content (AvgIpc) is 2.82. The molecule has 0 aliphatic carbocycles. The number of benzene rings is 2. The number of hydrogen-bond donors (Lipinski definition) is 2. The molecule has 1 saturated heterocycles. The molecule has 11 heteroatoms. The molecule has 1 aliphatic heterocycles. The number of likely N-dealkylation sites (tertiary alicyclic amines) is 1.